The van der Waals surface area contributed by atoms with Gasteiger partial charge in [-0.25, -0.2) is 0 Å². The summed E-state index contributed by atoms with van der Waals surface area (Å²) in [6, 6.07) is 0. The van der Waals surface area contributed by atoms with Crippen LogP contribution in [0.3, 0.4) is 0 Å². The zero-order chi connectivity index (χ0) is 31.7. The third-order valence-corrected chi connectivity index (χ3v) is 8.80. The predicted octanol–water partition coefficient (Wildman–Crippen LogP) is 15.0. The second kappa shape index (κ2) is 43.3. The third kappa shape index (κ3) is 45.8. The van der Waals surface area contributed by atoms with E-state index in [9.17, 15) is 4.79 Å². The number of hydrogen-bond donors (Lipinski definition) is 0. The molecule has 0 fully saturated rings. The van der Waals surface area contributed by atoms with Gasteiger partial charge in [0.25, 0.3) is 0 Å². The highest BCUT2D eigenvalue weighted by atomic mass is 16.5. The molecule has 2 heteroatoms. The molecule has 0 spiro atoms. The molecular formula is C41H82O2. The molecule has 0 atom stereocenters. The quantitative estimate of drug-likeness (QED) is 0.0407. The van der Waals surface area contributed by atoms with Crippen molar-refractivity contribution in [1.82, 2.24) is 0 Å². The summed E-state index contributed by atoms with van der Waals surface area (Å²) in [7, 11) is 0. The minimum absolute atomic E-state index is 0.0837. The topological polar surface area (TPSA) is 26.3 Å². The van der Waals surface area contributed by atoms with Crippen LogP contribution in [0.1, 0.15) is 239 Å². The van der Waals surface area contributed by atoms with Gasteiger partial charge in [0.1, 0.15) is 6.61 Å². The molecular weight excluding hydrogens is 524 g/mol. The number of esters is 1. The molecule has 0 rings (SSSR count). The zero-order valence-corrected chi connectivity index (χ0v) is 30.3. The van der Waals surface area contributed by atoms with E-state index in [2.05, 4.69) is 27.4 Å². The predicted molar refractivity (Wildman–Crippen MR) is 195 cm³/mol. The molecule has 0 N–H and O–H groups in total. The first-order valence-electron chi connectivity index (χ1n) is 20.0. The Hall–Kier alpha value is -0.790. The third-order valence-electron chi connectivity index (χ3n) is 8.80. The van der Waals surface area contributed by atoms with Crippen LogP contribution in [0.5, 0.6) is 0 Å². The smallest absolute Gasteiger partial charge is 0.306 e. The SMILES string of the molecule is C=CCOC(=O)CCCCCCCCCCCCCCCCC.CCCCCCCCCCCCCCCCCCCC. The molecule has 2 nitrogen and oxygen atoms in total. The van der Waals surface area contributed by atoms with Crippen LogP contribution in [0, 0.1) is 0 Å². The van der Waals surface area contributed by atoms with E-state index < -0.39 is 0 Å². The van der Waals surface area contributed by atoms with Crippen LogP contribution in [-0.4, -0.2) is 12.6 Å². The lowest BCUT2D eigenvalue weighted by Crippen LogP contribution is -2.03. The number of hydrogen-bond acceptors (Lipinski definition) is 2. The van der Waals surface area contributed by atoms with Gasteiger partial charge in [-0.3, -0.25) is 4.79 Å². The number of unbranched alkanes of at least 4 members (excludes halogenated alkanes) is 31. The normalized spacial score (nSPS) is 10.9. The van der Waals surface area contributed by atoms with E-state index in [0.29, 0.717) is 13.0 Å². The number of ether oxygens (including phenoxy) is 1. The van der Waals surface area contributed by atoms with E-state index in [1.807, 2.05) is 0 Å². The molecule has 258 valence electrons. The van der Waals surface area contributed by atoms with Gasteiger partial charge in [0.05, 0.1) is 0 Å². The van der Waals surface area contributed by atoms with E-state index in [0.717, 1.165) is 12.8 Å². The molecule has 0 aliphatic carbocycles. The van der Waals surface area contributed by atoms with Crippen molar-refractivity contribution in [1.29, 1.82) is 0 Å². The average molecular weight is 607 g/mol. The molecule has 0 aromatic heterocycles. The lowest BCUT2D eigenvalue weighted by molar-refractivity contribution is -0.142. The van der Waals surface area contributed by atoms with Crippen LogP contribution in [-0.2, 0) is 9.53 Å². The highest BCUT2D eigenvalue weighted by molar-refractivity contribution is 5.69. The second-order valence-electron chi connectivity index (χ2n) is 13.3. The molecule has 0 aromatic rings. The number of rotatable bonds is 35. The first-order valence-corrected chi connectivity index (χ1v) is 20.0. The molecule has 0 heterocycles. The monoisotopic (exact) mass is 607 g/mol. The van der Waals surface area contributed by atoms with E-state index >= 15 is 0 Å². The number of carbonyl (C=O) groups excluding carboxylic acids is 1. The summed E-state index contributed by atoms with van der Waals surface area (Å²) in [4.78, 5) is 11.3. The van der Waals surface area contributed by atoms with Gasteiger partial charge in [-0.05, 0) is 6.42 Å². The summed E-state index contributed by atoms with van der Waals surface area (Å²) in [6.45, 7) is 10.7. The fraction of sp³-hybridized carbons (Fsp3) is 0.927. The average Bonchev–Trinajstić information content (AvgIpc) is 3.02. The Bertz CT molecular complexity index is 482. The van der Waals surface area contributed by atoms with Crippen molar-refractivity contribution in [2.75, 3.05) is 6.61 Å². The van der Waals surface area contributed by atoms with Gasteiger partial charge in [0, 0.05) is 6.42 Å². The molecule has 0 saturated heterocycles. The van der Waals surface area contributed by atoms with Crippen molar-refractivity contribution in [2.24, 2.45) is 0 Å². The lowest BCUT2D eigenvalue weighted by atomic mass is 10.0. The molecule has 0 aliphatic rings. The Kier molecular flexibility index (Phi) is 44.7. The van der Waals surface area contributed by atoms with E-state index in [1.54, 1.807) is 6.08 Å². The molecule has 0 saturated carbocycles. The summed E-state index contributed by atoms with van der Waals surface area (Å²) >= 11 is 0. The van der Waals surface area contributed by atoms with Crippen LogP contribution in [0.25, 0.3) is 0 Å². The molecule has 0 aliphatic heterocycles. The Morgan fingerprint density at radius 2 is 0.605 bits per heavy atom. The van der Waals surface area contributed by atoms with Crippen LogP contribution < -0.4 is 0 Å². The van der Waals surface area contributed by atoms with Gasteiger partial charge in [0.15, 0.2) is 0 Å². The fourth-order valence-corrected chi connectivity index (χ4v) is 5.84. The van der Waals surface area contributed by atoms with Gasteiger partial charge in [-0.15, -0.1) is 0 Å². The highest BCUT2D eigenvalue weighted by Gasteiger charge is 2.01. The molecule has 0 radical (unpaired) electrons. The summed E-state index contributed by atoms with van der Waals surface area (Å²) in [5.41, 5.74) is 0. The Labute approximate surface area is 273 Å². The molecule has 0 aromatic carbocycles. The zero-order valence-electron chi connectivity index (χ0n) is 30.3. The Balaban J connectivity index is 0. The summed E-state index contributed by atoms with van der Waals surface area (Å²) in [6.07, 6.45) is 48.8. The molecule has 0 bridgehead atoms. The minimum atomic E-state index is -0.0837. The van der Waals surface area contributed by atoms with Crippen LogP contribution >= 0.6 is 0 Å². The fourth-order valence-electron chi connectivity index (χ4n) is 5.84. The first-order chi connectivity index (χ1) is 21.2. The molecule has 43 heavy (non-hydrogen) atoms. The number of carbonyl (C=O) groups is 1. The van der Waals surface area contributed by atoms with Crippen LogP contribution in [0.2, 0.25) is 0 Å². The van der Waals surface area contributed by atoms with Gasteiger partial charge < -0.3 is 4.74 Å². The minimum Gasteiger partial charge on any atom is -0.461 e. The van der Waals surface area contributed by atoms with Crippen molar-refractivity contribution in [3.8, 4) is 0 Å². The Morgan fingerprint density at radius 1 is 0.395 bits per heavy atom. The summed E-state index contributed by atoms with van der Waals surface area (Å²) < 4.78 is 4.95. The van der Waals surface area contributed by atoms with Crippen molar-refractivity contribution in [3.05, 3.63) is 12.7 Å². The summed E-state index contributed by atoms with van der Waals surface area (Å²) in [5.74, 6) is -0.0837. The van der Waals surface area contributed by atoms with E-state index in [1.165, 1.54) is 199 Å². The van der Waals surface area contributed by atoms with E-state index in [4.69, 9.17) is 4.74 Å². The van der Waals surface area contributed by atoms with Crippen molar-refractivity contribution in [3.63, 3.8) is 0 Å². The van der Waals surface area contributed by atoms with Gasteiger partial charge >= 0.3 is 5.97 Å². The van der Waals surface area contributed by atoms with Gasteiger partial charge in [0.2, 0.25) is 0 Å². The largest absolute Gasteiger partial charge is 0.461 e. The van der Waals surface area contributed by atoms with Crippen LogP contribution in [0.15, 0.2) is 12.7 Å². The van der Waals surface area contributed by atoms with Crippen molar-refractivity contribution in [2.45, 2.75) is 239 Å². The van der Waals surface area contributed by atoms with Crippen molar-refractivity contribution >= 4 is 5.97 Å². The highest BCUT2D eigenvalue weighted by Crippen LogP contribution is 2.15. The summed E-state index contributed by atoms with van der Waals surface area (Å²) in [5, 5.41) is 0. The maximum Gasteiger partial charge on any atom is 0.306 e. The lowest BCUT2D eigenvalue weighted by Gasteiger charge is -2.04. The Morgan fingerprint density at radius 3 is 0.814 bits per heavy atom. The van der Waals surface area contributed by atoms with E-state index in [-0.39, 0.29) is 5.97 Å². The second-order valence-corrected chi connectivity index (χ2v) is 13.3. The standard InChI is InChI=1S/C21H40O2.C20H42/c1-3-5-6-7-8-9-10-11-12-13-14-15-16-17-18-19-21(22)23-20-4-2;1-3-5-7-9-11-13-15-17-19-20-18-16-14-12-10-8-6-4-2/h4H,2-3,5-20H2,1H3;3-20H2,1-2H3. The maximum absolute atomic E-state index is 11.3. The van der Waals surface area contributed by atoms with Gasteiger partial charge in [-0.1, -0.05) is 239 Å². The van der Waals surface area contributed by atoms with Gasteiger partial charge in [-0.2, -0.15) is 0 Å². The van der Waals surface area contributed by atoms with Crippen molar-refractivity contribution < 1.29 is 9.53 Å². The first kappa shape index (κ1) is 44.3. The van der Waals surface area contributed by atoms with Crippen LogP contribution in [0.4, 0.5) is 0 Å². The maximum atomic E-state index is 11.3. The molecule has 0 unspecified atom stereocenters. The molecule has 0 amide bonds.